The number of rotatable bonds is 5. The van der Waals surface area contributed by atoms with Crippen molar-refractivity contribution in [1.29, 1.82) is 0 Å². The van der Waals surface area contributed by atoms with Crippen LogP contribution in [0.15, 0.2) is 34.2 Å². The first kappa shape index (κ1) is 22.0. The van der Waals surface area contributed by atoms with E-state index in [1.54, 1.807) is 35.1 Å². The fraction of sp³-hybridized carbons (Fsp3) is 0.391. The third-order valence-electron chi connectivity index (χ3n) is 6.02. The van der Waals surface area contributed by atoms with Gasteiger partial charge in [-0.05, 0) is 55.5 Å². The Kier molecular flexibility index (Phi) is 6.11. The van der Waals surface area contributed by atoms with E-state index < -0.39 is 0 Å². The number of imide groups is 1. The van der Waals surface area contributed by atoms with Crippen molar-refractivity contribution in [3.05, 3.63) is 45.1 Å². The summed E-state index contributed by atoms with van der Waals surface area (Å²) in [5.41, 5.74) is 1.68. The van der Waals surface area contributed by atoms with E-state index in [0.717, 1.165) is 36.1 Å². The summed E-state index contributed by atoms with van der Waals surface area (Å²) < 4.78 is 6.85. The van der Waals surface area contributed by atoms with Crippen molar-refractivity contribution in [2.75, 3.05) is 26.0 Å². The maximum absolute atomic E-state index is 13.8. The molecule has 1 aliphatic heterocycles. The Labute approximate surface area is 198 Å². The molecule has 3 amide bonds. The molecule has 0 atom stereocenters. The van der Waals surface area contributed by atoms with Gasteiger partial charge in [0.15, 0.2) is 5.16 Å². The van der Waals surface area contributed by atoms with Crippen LogP contribution in [0.5, 0.6) is 5.75 Å². The lowest BCUT2D eigenvalue weighted by atomic mass is 10.1. The molecule has 0 bridgehead atoms. The summed E-state index contributed by atoms with van der Waals surface area (Å²) in [6, 6.07) is 6.86. The molecule has 3 heterocycles. The fourth-order valence-corrected chi connectivity index (χ4v) is 6.52. The van der Waals surface area contributed by atoms with Crippen LogP contribution in [0.3, 0.4) is 0 Å². The van der Waals surface area contributed by atoms with Crippen molar-refractivity contribution in [1.82, 2.24) is 19.8 Å². The summed E-state index contributed by atoms with van der Waals surface area (Å²) >= 11 is 2.78. The number of carbonyl (C=O) groups excluding carboxylic acids is 2. The average Bonchev–Trinajstić information content (AvgIpc) is 3.33. The number of fused-ring (bicyclic) bond motifs is 3. The number of hydrogen-bond acceptors (Lipinski definition) is 7. The normalized spacial score (nSPS) is 15.9. The Bertz CT molecular complexity index is 1280. The second-order valence-corrected chi connectivity index (χ2v) is 10.1. The van der Waals surface area contributed by atoms with Gasteiger partial charge in [-0.1, -0.05) is 18.2 Å². The highest BCUT2D eigenvalue weighted by Gasteiger charge is 2.27. The van der Waals surface area contributed by atoms with Crippen LogP contribution in [-0.2, 0) is 17.6 Å². The molecule has 2 aliphatic rings. The first-order valence-electron chi connectivity index (χ1n) is 11.0. The number of hydrogen-bond donors (Lipinski definition) is 1. The maximum Gasteiger partial charge on any atom is 0.324 e. The molecule has 5 rings (SSSR count). The van der Waals surface area contributed by atoms with Crippen molar-refractivity contribution >= 4 is 45.3 Å². The van der Waals surface area contributed by atoms with Crippen LogP contribution in [0.4, 0.5) is 4.79 Å². The first-order valence-corrected chi connectivity index (χ1v) is 12.8. The molecule has 1 aliphatic carbocycles. The number of aromatic nitrogens is 2. The van der Waals surface area contributed by atoms with Gasteiger partial charge in [-0.2, -0.15) is 0 Å². The van der Waals surface area contributed by atoms with Gasteiger partial charge in [0, 0.05) is 18.0 Å². The van der Waals surface area contributed by atoms with Gasteiger partial charge < -0.3 is 10.1 Å². The Morgan fingerprint density at radius 1 is 1.18 bits per heavy atom. The number of thiophene rings is 1. The number of aryl methyl sites for hydroxylation is 2. The molecule has 0 unspecified atom stereocenters. The number of thioether (sulfide) groups is 1. The highest BCUT2D eigenvalue weighted by molar-refractivity contribution is 7.99. The minimum absolute atomic E-state index is 0.0204. The Morgan fingerprint density at radius 3 is 2.70 bits per heavy atom. The monoisotopic (exact) mass is 484 g/mol. The second-order valence-electron chi connectivity index (χ2n) is 8.04. The van der Waals surface area contributed by atoms with Crippen LogP contribution >= 0.6 is 23.1 Å². The van der Waals surface area contributed by atoms with Crippen molar-refractivity contribution in [2.45, 2.75) is 37.3 Å². The summed E-state index contributed by atoms with van der Waals surface area (Å²) in [5, 5.41) is 3.78. The predicted molar refractivity (Wildman–Crippen MR) is 129 cm³/mol. The molecule has 0 saturated carbocycles. The lowest BCUT2D eigenvalue weighted by Crippen LogP contribution is -2.35. The van der Waals surface area contributed by atoms with E-state index in [2.05, 4.69) is 5.32 Å². The number of urea groups is 1. The van der Waals surface area contributed by atoms with E-state index in [4.69, 9.17) is 9.72 Å². The summed E-state index contributed by atoms with van der Waals surface area (Å²) in [5.74, 6) is 0.411. The molecular formula is C23H24N4O4S2. The zero-order chi connectivity index (χ0) is 22.9. The molecule has 2 aromatic heterocycles. The molecule has 1 N–H and O–H groups in total. The number of methoxy groups -OCH3 is 1. The number of ether oxygens (including phenoxy) is 1. The van der Waals surface area contributed by atoms with Crippen LogP contribution in [0.1, 0.15) is 29.7 Å². The van der Waals surface area contributed by atoms with E-state index in [1.165, 1.54) is 28.0 Å². The van der Waals surface area contributed by atoms with Crippen LogP contribution in [0.25, 0.3) is 15.9 Å². The maximum atomic E-state index is 13.8. The van der Waals surface area contributed by atoms with Crippen LogP contribution in [0.2, 0.25) is 0 Å². The lowest BCUT2D eigenvalue weighted by molar-refractivity contribution is -0.124. The van der Waals surface area contributed by atoms with Crippen molar-refractivity contribution in [2.24, 2.45) is 0 Å². The van der Waals surface area contributed by atoms with E-state index in [-0.39, 0.29) is 23.3 Å². The van der Waals surface area contributed by atoms with E-state index in [1.807, 2.05) is 12.1 Å². The molecule has 3 aromatic rings. The minimum Gasteiger partial charge on any atom is -0.497 e. The van der Waals surface area contributed by atoms with Crippen molar-refractivity contribution < 1.29 is 14.3 Å². The van der Waals surface area contributed by atoms with Gasteiger partial charge in [0.1, 0.15) is 10.6 Å². The topological polar surface area (TPSA) is 93.5 Å². The molecule has 0 spiro atoms. The molecule has 172 valence electrons. The van der Waals surface area contributed by atoms with E-state index in [9.17, 15) is 14.4 Å². The summed E-state index contributed by atoms with van der Waals surface area (Å²) in [6.07, 6.45) is 5.24. The van der Waals surface area contributed by atoms with E-state index >= 15 is 0 Å². The fourth-order valence-electron chi connectivity index (χ4n) is 4.33. The van der Waals surface area contributed by atoms with Gasteiger partial charge in [0.2, 0.25) is 5.91 Å². The number of nitrogens with zero attached hydrogens (tertiary/aromatic N) is 3. The first-order chi connectivity index (χ1) is 16.1. The molecule has 8 nitrogen and oxygen atoms in total. The second kappa shape index (κ2) is 9.18. The summed E-state index contributed by atoms with van der Waals surface area (Å²) in [4.78, 5) is 46.3. The van der Waals surface area contributed by atoms with Crippen LogP contribution in [0, 0.1) is 0 Å². The van der Waals surface area contributed by atoms with Gasteiger partial charge in [-0.25, -0.2) is 9.78 Å². The molecule has 10 heteroatoms. The average molecular weight is 485 g/mol. The molecular weight excluding hydrogens is 460 g/mol. The quantitative estimate of drug-likeness (QED) is 0.339. The van der Waals surface area contributed by atoms with Gasteiger partial charge in [-0.3, -0.25) is 19.1 Å². The minimum atomic E-state index is -0.376. The van der Waals surface area contributed by atoms with E-state index in [0.29, 0.717) is 35.1 Å². The zero-order valence-corrected chi connectivity index (χ0v) is 19.9. The number of amides is 3. The summed E-state index contributed by atoms with van der Waals surface area (Å²) in [7, 11) is 1.59. The standard InChI is InChI=1S/C23H24N4O4S2/c1-31-15-9-7-14(8-10-15)27-21(29)19-16-5-3-2-4-6-17(16)33-20(19)25-23(27)32-13-18(28)26-12-11-24-22(26)30/h7-10H,2-6,11-13H2,1H3,(H,24,30). The van der Waals surface area contributed by atoms with Crippen LogP contribution < -0.4 is 15.6 Å². The Balaban J connectivity index is 1.59. The third-order valence-corrected chi connectivity index (χ3v) is 8.13. The van der Waals surface area contributed by atoms with Gasteiger partial charge >= 0.3 is 6.03 Å². The largest absolute Gasteiger partial charge is 0.497 e. The highest BCUT2D eigenvalue weighted by Crippen LogP contribution is 2.35. The highest BCUT2D eigenvalue weighted by atomic mass is 32.2. The molecule has 0 radical (unpaired) electrons. The predicted octanol–water partition coefficient (Wildman–Crippen LogP) is 3.37. The summed E-state index contributed by atoms with van der Waals surface area (Å²) in [6.45, 7) is 0.810. The molecule has 1 fully saturated rings. The zero-order valence-electron chi connectivity index (χ0n) is 18.3. The Morgan fingerprint density at radius 2 is 1.97 bits per heavy atom. The number of nitrogens with one attached hydrogen (secondary N) is 1. The van der Waals surface area contributed by atoms with Gasteiger partial charge in [0.25, 0.3) is 5.56 Å². The smallest absolute Gasteiger partial charge is 0.324 e. The van der Waals surface area contributed by atoms with Gasteiger partial charge in [0.05, 0.1) is 23.9 Å². The van der Waals surface area contributed by atoms with Gasteiger partial charge in [-0.15, -0.1) is 11.3 Å². The number of carbonyl (C=O) groups is 2. The van der Waals surface area contributed by atoms with Crippen molar-refractivity contribution in [3.63, 3.8) is 0 Å². The SMILES string of the molecule is COc1ccc(-n2c(SCC(=O)N3CCNC3=O)nc3sc4c(c3c2=O)CCCCC4)cc1. The third kappa shape index (κ3) is 4.13. The molecule has 33 heavy (non-hydrogen) atoms. The molecule has 1 aromatic carbocycles. The Hall–Kier alpha value is -2.85. The number of benzene rings is 1. The van der Waals surface area contributed by atoms with Crippen LogP contribution in [-0.4, -0.2) is 52.3 Å². The van der Waals surface area contributed by atoms with Crippen molar-refractivity contribution in [3.8, 4) is 11.4 Å². The lowest BCUT2D eigenvalue weighted by Gasteiger charge is -2.15. The molecule has 1 saturated heterocycles.